The van der Waals surface area contributed by atoms with Crippen molar-refractivity contribution in [2.24, 2.45) is 0 Å². The van der Waals surface area contributed by atoms with Crippen molar-refractivity contribution in [2.75, 3.05) is 9.62 Å². The largest absolute Gasteiger partial charge is 0.350 e. The van der Waals surface area contributed by atoms with Gasteiger partial charge >= 0.3 is 0 Å². The molecule has 0 aromatic heterocycles. The van der Waals surface area contributed by atoms with E-state index in [1.54, 1.807) is 72.8 Å². The Morgan fingerprint density at radius 3 is 2.05 bits per heavy atom. The third-order valence-electron chi connectivity index (χ3n) is 6.61. The van der Waals surface area contributed by atoms with Crippen LogP contribution in [0.15, 0.2) is 108 Å². The number of hydrogen-bond acceptors (Lipinski definition) is 4. The van der Waals surface area contributed by atoms with Crippen molar-refractivity contribution in [1.29, 1.82) is 0 Å². The van der Waals surface area contributed by atoms with E-state index in [0.717, 1.165) is 17.5 Å². The third-order valence-corrected chi connectivity index (χ3v) is 8.38. The maximum absolute atomic E-state index is 14.0. The van der Waals surface area contributed by atoms with Crippen LogP contribution in [-0.4, -0.2) is 26.3 Å². The molecule has 0 saturated heterocycles. The molecule has 0 aliphatic carbocycles. The van der Waals surface area contributed by atoms with Gasteiger partial charge in [-0.2, -0.15) is 0 Å². The van der Waals surface area contributed by atoms with E-state index in [2.05, 4.69) is 10.6 Å². The summed E-state index contributed by atoms with van der Waals surface area (Å²) in [5.74, 6) is -0.831. The Morgan fingerprint density at radius 2 is 1.38 bits per heavy atom. The van der Waals surface area contributed by atoms with Crippen LogP contribution in [0.5, 0.6) is 0 Å². The Labute approximate surface area is 235 Å². The number of amides is 2. The highest BCUT2D eigenvalue weighted by Crippen LogP contribution is 2.30. The molecule has 2 amide bonds. The zero-order valence-corrected chi connectivity index (χ0v) is 23.6. The standard InChI is InChI=1S/C32H33N3O4S/c1-4-24(3)33-31(36)27-14-8-10-16-29(27)34-32(37)28-15-9-11-17-30(28)35(22-25-12-6-5-7-13-25)40(38,39)26-20-18-23(2)19-21-26/h5-21,24H,4,22H2,1-3H3,(H,33,36)(H,34,37)/t24-/m0/s1. The maximum atomic E-state index is 14.0. The van der Waals surface area contributed by atoms with Crippen molar-refractivity contribution >= 4 is 33.2 Å². The molecule has 0 spiro atoms. The molecule has 0 radical (unpaired) electrons. The lowest BCUT2D eigenvalue weighted by atomic mass is 10.1. The second kappa shape index (κ2) is 12.6. The van der Waals surface area contributed by atoms with Crippen LogP contribution in [0.25, 0.3) is 0 Å². The summed E-state index contributed by atoms with van der Waals surface area (Å²) in [6.45, 7) is 5.79. The average molecular weight is 556 g/mol. The van der Waals surface area contributed by atoms with E-state index >= 15 is 0 Å². The summed E-state index contributed by atoms with van der Waals surface area (Å²) >= 11 is 0. The molecule has 7 nitrogen and oxygen atoms in total. The Balaban J connectivity index is 1.74. The van der Waals surface area contributed by atoms with Crippen LogP contribution in [0, 0.1) is 6.92 Å². The van der Waals surface area contributed by atoms with Gasteiger partial charge in [-0.3, -0.25) is 13.9 Å². The molecule has 0 fully saturated rings. The number of nitrogens with one attached hydrogen (secondary N) is 2. The fraction of sp³-hybridized carbons (Fsp3) is 0.188. The van der Waals surface area contributed by atoms with E-state index < -0.39 is 15.9 Å². The van der Waals surface area contributed by atoms with Gasteiger partial charge in [-0.25, -0.2) is 8.42 Å². The molecule has 0 unspecified atom stereocenters. The molecule has 206 valence electrons. The minimum absolute atomic E-state index is 0.0231. The zero-order chi connectivity index (χ0) is 28.7. The first kappa shape index (κ1) is 28.6. The number of carbonyl (C=O) groups excluding carboxylic acids is 2. The highest BCUT2D eigenvalue weighted by Gasteiger charge is 2.29. The smallest absolute Gasteiger partial charge is 0.264 e. The predicted octanol–water partition coefficient (Wildman–Crippen LogP) is 6.17. The summed E-state index contributed by atoms with van der Waals surface area (Å²) in [7, 11) is -4.05. The molecular weight excluding hydrogens is 522 g/mol. The van der Waals surface area contributed by atoms with Crippen molar-refractivity contribution in [3.63, 3.8) is 0 Å². The van der Waals surface area contributed by atoms with E-state index in [1.165, 1.54) is 4.31 Å². The third kappa shape index (κ3) is 6.58. The van der Waals surface area contributed by atoms with Gasteiger partial charge in [0.2, 0.25) is 0 Å². The van der Waals surface area contributed by atoms with Crippen molar-refractivity contribution in [2.45, 2.75) is 44.7 Å². The first-order valence-electron chi connectivity index (χ1n) is 13.1. The lowest BCUT2D eigenvalue weighted by Crippen LogP contribution is -2.33. The van der Waals surface area contributed by atoms with Crippen LogP contribution in [0.4, 0.5) is 11.4 Å². The molecule has 4 aromatic carbocycles. The molecule has 8 heteroatoms. The molecule has 1 atom stereocenters. The predicted molar refractivity (Wildman–Crippen MR) is 159 cm³/mol. The quantitative estimate of drug-likeness (QED) is 0.245. The normalized spacial score (nSPS) is 11.9. The van der Waals surface area contributed by atoms with Crippen LogP contribution in [-0.2, 0) is 16.6 Å². The number of benzene rings is 4. The van der Waals surface area contributed by atoms with E-state index in [0.29, 0.717) is 11.3 Å². The van der Waals surface area contributed by atoms with Crippen molar-refractivity contribution in [1.82, 2.24) is 5.32 Å². The average Bonchev–Trinajstić information content (AvgIpc) is 2.96. The summed E-state index contributed by atoms with van der Waals surface area (Å²) < 4.78 is 29.2. The minimum atomic E-state index is -4.05. The Morgan fingerprint density at radius 1 is 0.775 bits per heavy atom. The topological polar surface area (TPSA) is 95.6 Å². The van der Waals surface area contributed by atoms with Crippen molar-refractivity contribution < 1.29 is 18.0 Å². The summed E-state index contributed by atoms with van der Waals surface area (Å²) in [6.07, 6.45) is 0.764. The van der Waals surface area contributed by atoms with E-state index in [-0.39, 0.29) is 34.6 Å². The number of para-hydroxylation sites is 2. The van der Waals surface area contributed by atoms with Gasteiger partial charge in [0, 0.05) is 6.04 Å². The van der Waals surface area contributed by atoms with Crippen LogP contribution in [0.2, 0.25) is 0 Å². The van der Waals surface area contributed by atoms with Gasteiger partial charge in [0.25, 0.3) is 21.8 Å². The first-order valence-corrected chi connectivity index (χ1v) is 14.6. The van der Waals surface area contributed by atoms with E-state index in [1.807, 2.05) is 51.1 Å². The molecule has 0 bridgehead atoms. The van der Waals surface area contributed by atoms with Gasteiger partial charge in [-0.15, -0.1) is 0 Å². The van der Waals surface area contributed by atoms with Crippen LogP contribution in [0.3, 0.4) is 0 Å². The summed E-state index contributed by atoms with van der Waals surface area (Å²) in [6, 6.07) is 29.1. The highest BCUT2D eigenvalue weighted by molar-refractivity contribution is 7.92. The summed E-state index contributed by atoms with van der Waals surface area (Å²) in [5, 5.41) is 5.76. The molecule has 0 aliphatic rings. The molecule has 2 N–H and O–H groups in total. The highest BCUT2D eigenvalue weighted by atomic mass is 32.2. The second-order valence-electron chi connectivity index (χ2n) is 9.61. The maximum Gasteiger partial charge on any atom is 0.264 e. The van der Waals surface area contributed by atoms with Gasteiger partial charge in [-0.05, 0) is 62.2 Å². The van der Waals surface area contributed by atoms with Crippen LogP contribution >= 0.6 is 0 Å². The molecule has 4 aromatic rings. The molecule has 40 heavy (non-hydrogen) atoms. The lowest BCUT2D eigenvalue weighted by molar-refractivity contribution is 0.0940. The number of nitrogens with zero attached hydrogens (tertiary/aromatic N) is 1. The molecule has 4 rings (SSSR count). The summed E-state index contributed by atoms with van der Waals surface area (Å²) in [5.41, 5.74) is 2.74. The van der Waals surface area contributed by atoms with E-state index in [4.69, 9.17) is 0 Å². The summed E-state index contributed by atoms with van der Waals surface area (Å²) in [4.78, 5) is 26.7. The Bertz CT molecular complexity index is 1590. The van der Waals surface area contributed by atoms with Crippen molar-refractivity contribution in [3.05, 3.63) is 125 Å². The monoisotopic (exact) mass is 555 g/mol. The lowest BCUT2D eigenvalue weighted by Gasteiger charge is -2.27. The number of hydrogen-bond donors (Lipinski definition) is 2. The van der Waals surface area contributed by atoms with Crippen LogP contribution in [0.1, 0.15) is 52.1 Å². The zero-order valence-electron chi connectivity index (χ0n) is 22.8. The van der Waals surface area contributed by atoms with Gasteiger partial charge in [0.05, 0.1) is 33.9 Å². The number of rotatable bonds is 10. The number of anilines is 2. The molecule has 0 aliphatic heterocycles. The minimum Gasteiger partial charge on any atom is -0.350 e. The number of aryl methyl sites for hydroxylation is 1. The molecule has 0 saturated carbocycles. The Hall–Kier alpha value is -4.43. The van der Waals surface area contributed by atoms with Crippen LogP contribution < -0.4 is 14.9 Å². The Kier molecular flexibility index (Phi) is 9.01. The van der Waals surface area contributed by atoms with E-state index in [9.17, 15) is 18.0 Å². The number of carbonyl (C=O) groups is 2. The fourth-order valence-corrected chi connectivity index (χ4v) is 5.62. The SMILES string of the molecule is CC[C@H](C)NC(=O)c1ccccc1NC(=O)c1ccccc1N(Cc1ccccc1)S(=O)(=O)c1ccc(C)cc1. The van der Waals surface area contributed by atoms with Gasteiger partial charge in [0.15, 0.2) is 0 Å². The molecule has 0 heterocycles. The van der Waals surface area contributed by atoms with Gasteiger partial charge in [-0.1, -0.05) is 79.2 Å². The first-order chi connectivity index (χ1) is 19.2. The molecular formula is C32H33N3O4S. The number of sulfonamides is 1. The fourth-order valence-electron chi connectivity index (χ4n) is 4.15. The second-order valence-corrected chi connectivity index (χ2v) is 11.5. The van der Waals surface area contributed by atoms with Crippen molar-refractivity contribution in [3.8, 4) is 0 Å². The van der Waals surface area contributed by atoms with Gasteiger partial charge in [0.1, 0.15) is 0 Å². The van der Waals surface area contributed by atoms with Gasteiger partial charge < -0.3 is 10.6 Å².